The van der Waals surface area contributed by atoms with Crippen LogP contribution in [0, 0.1) is 11.2 Å². The molecule has 2 N–H and O–H groups in total. The zero-order valence-electron chi connectivity index (χ0n) is 27.1. The highest BCUT2D eigenvalue weighted by molar-refractivity contribution is 5.99. The Labute approximate surface area is 251 Å². The zero-order chi connectivity index (χ0) is 31.6. The fourth-order valence-corrected chi connectivity index (χ4v) is 5.04. The second kappa shape index (κ2) is 15.9. The number of ether oxygens (including phenoxy) is 3. The van der Waals surface area contributed by atoms with Crippen molar-refractivity contribution >= 4 is 17.2 Å². The Morgan fingerprint density at radius 2 is 1.71 bits per heavy atom. The van der Waals surface area contributed by atoms with Gasteiger partial charge in [0.2, 0.25) is 0 Å². The number of carbonyl (C=O) groups is 1. The third-order valence-corrected chi connectivity index (χ3v) is 7.31. The molecule has 1 fully saturated rings. The SMILES string of the molecule is CCC(=O)c1cc(N2CCC(O)CC2)c(OC)c(C(C)(C)C)c1.CCCOc1c(OCC)cc(CC)c(C(C)=N)c1F. The molecule has 1 heterocycles. The molecule has 1 aliphatic heterocycles. The van der Waals surface area contributed by atoms with Crippen molar-refractivity contribution in [1.29, 1.82) is 5.41 Å². The summed E-state index contributed by atoms with van der Waals surface area (Å²) in [6, 6.07) is 5.72. The molecule has 0 saturated carbocycles. The van der Waals surface area contributed by atoms with Gasteiger partial charge in [-0.3, -0.25) is 4.79 Å². The lowest BCUT2D eigenvalue weighted by atomic mass is 9.84. The number of halogens is 1. The molecule has 1 saturated heterocycles. The lowest BCUT2D eigenvalue weighted by Crippen LogP contribution is -2.36. The summed E-state index contributed by atoms with van der Waals surface area (Å²) >= 11 is 0. The summed E-state index contributed by atoms with van der Waals surface area (Å²) in [6.07, 6.45) is 3.21. The van der Waals surface area contributed by atoms with Crippen LogP contribution in [0.3, 0.4) is 0 Å². The van der Waals surface area contributed by atoms with Gasteiger partial charge < -0.3 is 29.6 Å². The molecule has 8 heteroatoms. The molecule has 3 rings (SSSR count). The highest BCUT2D eigenvalue weighted by Gasteiger charge is 2.28. The van der Waals surface area contributed by atoms with Crippen LogP contribution >= 0.6 is 0 Å². The summed E-state index contributed by atoms with van der Waals surface area (Å²) in [5.41, 5.74) is 3.98. The van der Waals surface area contributed by atoms with E-state index in [1.807, 2.05) is 39.8 Å². The second-order valence-electron chi connectivity index (χ2n) is 11.6. The first-order valence-electron chi connectivity index (χ1n) is 15.2. The number of hydrogen-bond acceptors (Lipinski definition) is 7. The van der Waals surface area contributed by atoms with Crippen molar-refractivity contribution < 1.29 is 28.5 Å². The average Bonchev–Trinajstić information content (AvgIpc) is 2.95. The minimum atomic E-state index is -0.483. The van der Waals surface area contributed by atoms with Gasteiger partial charge in [0.15, 0.2) is 23.1 Å². The number of aliphatic hydroxyl groups excluding tert-OH is 1. The molecule has 0 amide bonds. The minimum absolute atomic E-state index is 0.112. The van der Waals surface area contributed by atoms with E-state index >= 15 is 0 Å². The van der Waals surface area contributed by atoms with Crippen molar-refractivity contribution in [3.8, 4) is 17.2 Å². The van der Waals surface area contributed by atoms with E-state index in [1.165, 1.54) is 0 Å². The van der Waals surface area contributed by atoms with Crippen LogP contribution in [0.4, 0.5) is 10.1 Å². The Morgan fingerprint density at radius 1 is 1.07 bits per heavy atom. The number of rotatable bonds is 11. The standard InChI is InChI=1S/C19H29NO3.C15H22FNO2/c1-6-17(22)13-11-15(19(2,3)4)18(23-5)16(12-13)20-9-7-14(21)8-10-20;1-5-8-19-15-12(18-7-3)9-11(6-2)13(10(4)17)14(15)16/h11-12,14,21H,6-10H2,1-5H3;9,17H,5-8H2,1-4H3. The van der Waals surface area contributed by atoms with Crippen molar-refractivity contribution in [3.05, 3.63) is 46.3 Å². The van der Waals surface area contributed by atoms with E-state index in [9.17, 15) is 14.3 Å². The number of nitrogens with zero attached hydrogens (tertiary/aromatic N) is 1. The first-order chi connectivity index (χ1) is 19.8. The predicted octanol–water partition coefficient (Wildman–Crippen LogP) is 7.51. The Morgan fingerprint density at radius 3 is 2.19 bits per heavy atom. The lowest BCUT2D eigenvalue weighted by Gasteiger charge is -2.34. The van der Waals surface area contributed by atoms with E-state index in [2.05, 4.69) is 25.7 Å². The summed E-state index contributed by atoms with van der Waals surface area (Å²) in [7, 11) is 1.69. The molecule has 7 nitrogen and oxygen atoms in total. The number of nitrogens with one attached hydrogen (secondary N) is 1. The molecule has 234 valence electrons. The van der Waals surface area contributed by atoms with Gasteiger partial charge in [-0.2, -0.15) is 0 Å². The number of hydrogen-bond donors (Lipinski definition) is 2. The first kappa shape index (κ1) is 35.1. The number of carbonyl (C=O) groups excluding carboxylic acids is 1. The number of aliphatic hydroxyl groups is 1. The molecule has 0 radical (unpaired) electrons. The van der Waals surface area contributed by atoms with Crippen LogP contribution < -0.4 is 19.1 Å². The fourth-order valence-electron chi connectivity index (χ4n) is 5.04. The number of piperidine rings is 1. The first-order valence-corrected chi connectivity index (χ1v) is 15.2. The third-order valence-electron chi connectivity index (χ3n) is 7.31. The van der Waals surface area contributed by atoms with Gasteiger partial charge in [0.05, 0.1) is 32.1 Å². The van der Waals surface area contributed by atoms with Crippen LogP contribution in [0.25, 0.3) is 0 Å². The zero-order valence-corrected chi connectivity index (χ0v) is 27.1. The quantitative estimate of drug-likeness (QED) is 0.209. The van der Waals surface area contributed by atoms with Crippen LogP contribution in [0.2, 0.25) is 0 Å². The topological polar surface area (TPSA) is 92.1 Å². The van der Waals surface area contributed by atoms with Crippen LogP contribution in [0.5, 0.6) is 17.2 Å². The highest BCUT2D eigenvalue weighted by atomic mass is 19.1. The van der Waals surface area contributed by atoms with Crippen molar-refractivity contribution in [1.82, 2.24) is 0 Å². The minimum Gasteiger partial charge on any atom is -0.494 e. The molecule has 42 heavy (non-hydrogen) atoms. The predicted molar refractivity (Wildman–Crippen MR) is 169 cm³/mol. The van der Waals surface area contributed by atoms with Crippen molar-refractivity contribution in [2.24, 2.45) is 0 Å². The molecular weight excluding hydrogens is 535 g/mol. The second-order valence-corrected chi connectivity index (χ2v) is 11.6. The van der Waals surface area contributed by atoms with E-state index in [0.717, 1.165) is 60.5 Å². The van der Waals surface area contributed by atoms with Gasteiger partial charge >= 0.3 is 0 Å². The molecule has 0 atom stereocenters. The smallest absolute Gasteiger partial charge is 0.197 e. The molecule has 0 aromatic heterocycles. The molecule has 0 bridgehead atoms. The van der Waals surface area contributed by atoms with Gasteiger partial charge in [-0.15, -0.1) is 0 Å². The summed E-state index contributed by atoms with van der Waals surface area (Å²) in [6.45, 7) is 18.1. The molecule has 0 unspecified atom stereocenters. The maximum atomic E-state index is 14.5. The van der Waals surface area contributed by atoms with E-state index in [1.54, 1.807) is 20.1 Å². The van der Waals surface area contributed by atoms with E-state index in [-0.39, 0.29) is 28.8 Å². The summed E-state index contributed by atoms with van der Waals surface area (Å²) < 4.78 is 31.2. The molecule has 0 aliphatic carbocycles. The van der Waals surface area contributed by atoms with Crippen LogP contribution in [0.1, 0.15) is 108 Å². The monoisotopic (exact) mass is 586 g/mol. The van der Waals surface area contributed by atoms with Crippen molar-refractivity contribution in [2.45, 2.75) is 99.0 Å². The van der Waals surface area contributed by atoms with Gasteiger partial charge in [0.1, 0.15) is 5.75 Å². The Kier molecular flexibility index (Phi) is 13.3. The van der Waals surface area contributed by atoms with Crippen LogP contribution in [-0.2, 0) is 11.8 Å². The number of ketones is 1. The van der Waals surface area contributed by atoms with Gasteiger partial charge in [-0.1, -0.05) is 41.5 Å². The highest BCUT2D eigenvalue weighted by Crippen LogP contribution is 2.41. The maximum Gasteiger partial charge on any atom is 0.197 e. The largest absolute Gasteiger partial charge is 0.494 e. The van der Waals surface area contributed by atoms with Crippen LogP contribution in [0.15, 0.2) is 18.2 Å². The average molecular weight is 587 g/mol. The Balaban J connectivity index is 0.000000299. The van der Waals surface area contributed by atoms with Gasteiger partial charge in [0.25, 0.3) is 0 Å². The Hall–Kier alpha value is -3.13. The van der Waals surface area contributed by atoms with Crippen molar-refractivity contribution in [2.75, 3.05) is 38.3 Å². The molecular formula is C34H51FN2O5. The molecule has 0 spiro atoms. The molecule has 1 aliphatic rings. The summed E-state index contributed by atoms with van der Waals surface area (Å²) in [4.78, 5) is 14.5. The molecule has 2 aromatic rings. The van der Waals surface area contributed by atoms with E-state index < -0.39 is 5.82 Å². The van der Waals surface area contributed by atoms with Gasteiger partial charge in [-0.05, 0) is 68.7 Å². The number of benzene rings is 2. The van der Waals surface area contributed by atoms with Gasteiger partial charge in [0, 0.05) is 41.9 Å². The van der Waals surface area contributed by atoms with E-state index in [0.29, 0.717) is 37.4 Å². The fraction of sp³-hybridized carbons (Fsp3) is 0.588. The third kappa shape index (κ3) is 8.69. The number of anilines is 1. The van der Waals surface area contributed by atoms with Crippen molar-refractivity contribution in [3.63, 3.8) is 0 Å². The summed E-state index contributed by atoms with van der Waals surface area (Å²) in [5.74, 6) is 1.07. The van der Waals surface area contributed by atoms with E-state index in [4.69, 9.17) is 19.6 Å². The Bertz CT molecular complexity index is 1210. The lowest BCUT2D eigenvalue weighted by molar-refractivity contribution is 0.0987. The number of Topliss-reactive ketones (excluding diaryl/α,β-unsaturated/α-hetero) is 1. The van der Waals surface area contributed by atoms with Crippen LogP contribution in [-0.4, -0.2) is 56.1 Å². The maximum absolute atomic E-state index is 14.5. The summed E-state index contributed by atoms with van der Waals surface area (Å²) in [5, 5.41) is 17.5. The number of methoxy groups -OCH3 is 1. The van der Waals surface area contributed by atoms with Gasteiger partial charge in [-0.25, -0.2) is 4.39 Å². The normalized spacial score (nSPS) is 13.7. The molecule has 2 aromatic carbocycles. The number of aryl methyl sites for hydroxylation is 1.